The summed E-state index contributed by atoms with van der Waals surface area (Å²) in [5.41, 5.74) is 5.67. The molecule has 5 amide bonds. The van der Waals surface area contributed by atoms with E-state index in [1.165, 1.54) is 6.07 Å². The number of amides is 5. The van der Waals surface area contributed by atoms with Crippen LogP contribution >= 0.6 is 0 Å². The van der Waals surface area contributed by atoms with Gasteiger partial charge in [-0.25, -0.2) is 4.39 Å². The lowest BCUT2D eigenvalue weighted by atomic mass is 9.86. The second-order valence-electron chi connectivity index (χ2n) is 9.03. The van der Waals surface area contributed by atoms with Gasteiger partial charge in [-0.3, -0.25) is 39.1 Å². The summed E-state index contributed by atoms with van der Waals surface area (Å²) in [4.78, 5) is 64.0. The summed E-state index contributed by atoms with van der Waals surface area (Å²) in [7, 11) is 0. The van der Waals surface area contributed by atoms with Crippen LogP contribution in [0.1, 0.15) is 58.0 Å². The van der Waals surface area contributed by atoms with Crippen molar-refractivity contribution in [1.29, 1.82) is 0 Å². The number of hydrogen-bond acceptors (Lipinski definition) is 7. The van der Waals surface area contributed by atoms with Crippen LogP contribution in [0.25, 0.3) is 0 Å². The Morgan fingerprint density at radius 3 is 2.27 bits per heavy atom. The Labute approximate surface area is 188 Å². The van der Waals surface area contributed by atoms with Crippen molar-refractivity contribution in [2.24, 2.45) is 11.7 Å². The molecule has 1 aromatic rings. The van der Waals surface area contributed by atoms with Gasteiger partial charge in [0.25, 0.3) is 11.8 Å². The molecule has 5 rings (SSSR count). The van der Waals surface area contributed by atoms with Gasteiger partial charge in [0.15, 0.2) is 0 Å². The first kappa shape index (κ1) is 21.7. The van der Waals surface area contributed by atoms with Gasteiger partial charge in [-0.2, -0.15) is 0 Å². The summed E-state index contributed by atoms with van der Waals surface area (Å²) in [6.07, 6.45) is 1.36. The first-order valence-electron chi connectivity index (χ1n) is 11.1. The fraction of sp³-hybridized carbons (Fsp3) is 0.500. The van der Waals surface area contributed by atoms with E-state index in [1.54, 1.807) is 0 Å². The normalized spacial score (nSPS) is 28.5. The smallest absolute Gasteiger partial charge is 0.262 e. The molecular weight excluding hydrogens is 433 g/mol. The van der Waals surface area contributed by atoms with E-state index >= 15 is 4.39 Å². The van der Waals surface area contributed by atoms with Crippen molar-refractivity contribution >= 4 is 29.5 Å². The highest BCUT2D eigenvalue weighted by molar-refractivity contribution is 6.23. The van der Waals surface area contributed by atoms with Gasteiger partial charge in [0.2, 0.25) is 17.7 Å². The molecule has 1 aromatic carbocycles. The molecule has 0 spiro atoms. The molecule has 10 nitrogen and oxygen atoms in total. The fourth-order valence-electron chi connectivity index (χ4n) is 5.26. The van der Waals surface area contributed by atoms with Crippen LogP contribution in [-0.2, 0) is 14.4 Å². The number of primary amides is 1. The van der Waals surface area contributed by atoms with Gasteiger partial charge in [0.05, 0.1) is 17.2 Å². The number of carbonyl (C=O) groups excluding carboxylic acids is 5. The Morgan fingerprint density at radius 1 is 1.03 bits per heavy atom. The molecule has 0 aliphatic carbocycles. The predicted octanol–water partition coefficient (Wildman–Crippen LogP) is -0.563. The number of hydrogen-bond donors (Lipinski definition) is 3. The third-order valence-corrected chi connectivity index (χ3v) is 7.22. The molecule has 3 saturated heterocycles. The number of benzene rings is 1. The first-order valence-corrected chi connectivity index (χ1v) is 11.1. The lowest BCUT2D eigenvalue weighted by Crippen LogP contribution is -2.61. The molecule has 4 N–H and O–H groups in total. The highest BCUT2D eigenvalue weighted by atomic mass is 19.1. The number of fused-ring (bicyclic) bond motifs is 1. The minimum Gasteiger partial charge on any atom is -0.369 e. The number of nitrogens with two attached hydrogens (primary N) is 1. The van der Waals surface area contributed by atoms with Crippen molar-refractivity contribution in [1.82, 2.24) is 20.4 Å². The van der Waals surface area contributed by atoms with Crippen LogP contribution in [-0.4, -0.2) is 71.1 Å². The molecule has 3 atom stereocenters. The zero-order chi connectivity index (χ0) is 23.4. The molecule has 4 aliphatic rings. The molecule has 0 radical (unpaired) electrons. The van der Waals surface area contributed by atoms with Crippen LogP contribution in [0.5, 0.6) is 0 Å². The van der Waals surface area contributed by atoms with Crippen LogP contribution in [0.2, 0.25) is 0 Å². The highest BCUT2D eigenvalue weighted by Gasteiger charge is 2.46. The first-order chi connectivity index (χ1) is 15.8. The molecular formula is C22H24FN5O5. The zero-order valence-corrected chi connectivity index (χ0v) is 17.8. The number of likely N-dealkylation sites (tertiary alicyclic amines) is 1. The monoisotopic (exact) mass is 457 g/mol. The van der Waals surface area contributed by atoms with Gasteiger partial charge >= 0.3 is 0 Å². The van der Waals surface area contributed by atoms with Crippen LogP contribution in [0, 0.1) is 11.7 Å². The quantitative estimate of drug-likeness (QED) is 0.515. The fourth-order valence-corrected chi connectivity index (χ4v) is 5.26. The Kier molecular flexibility index (Phi) is 5.25. The number of piperidine rings is 2. The highest BCUT2D eigenvalue weighted by Crippen LogP contribution is 2.36. The van der Waals surface area contributed by atoms with Gasteiger partial charge in [-0.1, -0.05) is 0 Å². The second kappa shape index (κ2) is 7.99. The number of nitrogens with one attached hydrogen (secondary N) is 2. The second-order valence-corrected chi connectivity index (χ2v) is 9.03. The topological polar surface area (TPSA) is 142 Å². The number of halogens is 1. The summed E-state index contributed by atoms with van der Waals surface area (Å²) >= 11 is 0. The lowest BCUT2D eigenvalue weighted by molar-refractivity contribution is -0.136. The van der Waals surface area contributed by atoms with E-state index < -0.39 is 35.5 Å². The maximum atomic E-state index is 15.1. The van der Waals surface area contributed by atoms with E-state index in [0.29, 0.717) is 32.5 Å². The molecule has 3 unspecified atom stereocenters. The van der Waals surface area contributed by atoms with Gasteiger partial charge in [-0.05, 0) is 44.5 Å². The van der Waals surface area contributed by atoms with E-state index in [1.807, 2.05) is 0 Å². The van der Waals surface area contributed by atoms with Gasteiger partial charge in [0.1, 0.15) is 11.9 Å². The molecule has 4 aliphatic heterocycles. The van der Waals surface area contributed by atoms with Crippen LogP contribution in [0.4, 0.5) is 4.39 Å². The lowest BCUT2D eigenvalue weighted by Gasteiger charge is -2.47. The Morgan fingerprint density at radius 2 is 1.70 bits per heavy atom. The van der Waals surface area contributed by atoms with E-state index in [9.17, 15) is 24.0 Å². The molecule has 33 heavy (non-hydrogen) atoms. The SMILES string of the molecule is NC(=O)C1CCN(C2CNC2c2cc3c(cc2F)C(=O)N(C2CCC(=O)NC2=O)C3=O)CC1. The summed E-state index contributed by atoms with van der Waals surface area (Å²) in [5.74, 6) is -3.61. The Bertz CT molecular complexity index is 1080. The van der Waals surface area contributed by atoms with Crippen molar-refractivity contribution in [2.45, 2.75) is 43.8 Å². The van der Waals surface area contributed by atoms with Crippen molar-refractivity contribution in [3.8, 4) is 0 Å². The third kappa shape index (κ3) is 3.51. The van der Waals surface area contributed by atoms with Crippen molar-refractivity contribution in [3.05, 3.63) is 34.6 Å². The summed E-state index contributed by atoms with van der Waals surface area (Å²) < 4.78 is 15.1. The third-order valence-electron chi connectivity index (χ3n) is 7.22. The van der Waals surface area contributed by atoms with Crippen molar-refractivity contribution in [2.75, 3.05) is 19.6 Å². The molecule has 0 saturated carbocycles. The van der Waals surface area contributed by atoms with Gasteiger partial charge in [-0.15, -0.1) is 0 Å². The molecule has 3 fully saturated rings. The molecule has 0 aromatic heterocycles. The van der Waals surface area contributed by atoms with Crippen LogP contribution in [0.15, 0.2) is 12.1 Å². The summed E-state index contributed by atoms with van der Waals surface area (Å²) in [6.45, 7) is 1.98. The molecule has 174 valence electrons. The Hall–Kier alpha value is -3.18. The average molecular weight is 457 g/mol. The van der Waals surface area contributed by atoms with E-state index in [0.717, 1.165) is 11.0 Å². The number of rotatable bonds is 4. The van der Waals surface area contributed by atoms with E-state index in [4.69, 9.17) is 5.73 Å². The maximum absolute atomic E-state index is 15.1. The van der Waals surface area contributed by atoms with E-state index in [-0.39, 0.29) is 53.4 Å². The van der Waals surface area contributed by atoms with Crippen molar-refractivity contribution < 1.29 is 28.4 Å². The molecule has 4 heterocycles. The van der Waals surface area contributed by atoms with Gasteiger partial charge in [0, 0.05) is 30.5 Å². The van der Waals surface area contributed by atoms with E-state index in [2.05, 4.69) is 15.5 Å². The van der Waals surface area contributed by atoms with Crippen LogP contribution < -0.4 is 16.4 Å². The number of carbonyl (C=O) groups is 5. The number of nitrogens with zero attached hydrogens (tertiary/aromatic N) is 2. The van der Waals surface area contributed by atoms with Crippen LogP contribution in [0.3, 0.4) is 0 Å². The minimum absolute atomic E-state index is 0.00943. The molecule has 0 bridgehead atoms. The van der Waals surface area contributed by atoms with Crippen molar-refractivity contribution in [3.63, 3.8) is 0 Å². The van der Waals surface area contributed by atoms with Gasteiger partial charge < -0.3 is 11.1 Å². The average Bonchev–Trinajstić information content (AvgIpc) is 2.98. The summed E-state index contributed by atoms with van der Waals surface area (Å²) in [5, 5.41) is 5.35. The maximum Gasteiger partial charge on any atom is 0.262 e. The Balaban J connectivity index is 1.37. The zero-order valence-electron chi connectivity index (χ0n) is 17.8. The largest absolute Gasteiger partial charge is 0.369 e. The summed E-state index contributed by atoms with van der Waals surface area (Å²) in [6, 6.07) is 0.991. The molecule has 11 heteroatoms. The predicted molar refractivity (Wildman–Crippen MR) is 111 cm³/mol. The minimum atomic E-state index is -1.09. The number of imide groups is 2. The standard InChI is InChI=1S/C22H24FN5O5/c23-14-8-12-11(21(32)28(22(12)33)15-1-2-17(29)26-20(15)31)7-13(14)18-16(9-25-18)27-5-3-10(4-6-27)19(24)30/h7-8,10,15-16,18,25H,1-6,9H2,(H2,24,30)(H,26,29,31).